The predicted octanol–water partition coefficient (Wildman–Crippen LogP) is 0.522. The van der Waals surface area contributed by atoms with Gasteiger partial charge in [-0.05, 0) is 24.6 Å². The van der Waals surface area contributed by atoms with E-state index in [4.69, 9.17) is 4.74 Å². The fourth-order valence-corrected chi connectivity index (χ4v) is 4.19. The van der Waals surface area contributed by atoms with Gasteiger partial charge < -0.3 is 15.0 Å². The van der Waals surface area contributed by atoms with Crippen LogP contribution in [-0.2, 0) is 26.0 Å². The molecule has 0 unspecified atom stereocenters. The lowest BCUT2D eigenvalue weighted by atomic mass is 10.2. The van der Waals surface area contributed by atoms with E-state index >= 15 is 0 Å². The van der Waals surface area contributed by atoms with Crippen molar-refractivity contribution in [3.05, 3.63) is 29.8 Å². The minimum Gasteiger partial charge on any atom is -0.364 e. The van der Waals surface area contributed by atoms with Crippen LogP contribution in [0.3, 0.4) is 0 Å². The molecule has 3 rings (SSSR count). The van der Waals surface area contributed by atoms with Crippen molar-refractivity contribution in [1.82, 2.24) is 15.3 Å². The van der Waals surface area contributed by atoms with Crippen molar-refractivity contribution < 1.29 is 22.3 Å². The largest absolute Gasteiger partial charge is 0.364 e. The van der Waals surface area contributed by atoms with Crippen LogP contribution < -0.4 is 5.32 Å². The molecule has 9 heteroatoms. The Morgan fingerprint density at radius 2 is 2.30 bits per heavy atom. The monoisotopic (exact) mass is 341 g/mol. The molecule has 124 valence electrons. The van der Waals surface area contributed by atoms with Crippen molar-refractivity contribution in [2.45, 2.75) is 19.1 Å². The Morgan fingerprint density at radius 1 is 1.48 bits per heavy atom. The number of aromatic nitrogens is 2. The maximum atomic E-state index is 13.1. The number of nitrogens with zero attached hydrogens (tertiary/aromatic N) is 1. The van der Waals surface area contributed by atoms with E-state index in [1.54, 1.807) is 6.07 Å². The first-order chi connectivity index (χ1) is 10.9. The molecule has 1 aliphatic heterocycles. The van der Waals surface area contributed by atoms with Crippen LogP contribution in [0.25, 0.3) is 11.0 Å². The number of H-pyrrole nitrogens is 1. The van der Waals surface area contributed by atoms with E-state index in [9.17, 15) is 17.6 Å². The second-order valence-electron chi connectivity index (χ2n) is 5.51. The number of fused-ring (bicyclic) bond motifs is 1. The first-order valence-corrected chi connectivity index (χ1v) is 8.95. The molecule has 1 amide bonds. The molecule has 2 heterocycles. The van der Waals surface area contributed by atoms with Crippen LogP contribution in [0, 0.1) is 5.82 Å². The van der Waals surface area contributed by atoms with Gasteiger partial charge in [0.05, 0.1) is 22.5 Å². The fraction of sp³-hybridized carbons (Fsp3) is 0.429. The number of hydrogen-bond donors (Lipinski definition) is 2. The highest BCUT2D eigenvalue weighted by molar-refractivity contribution is 7.91. The number of halogens is 1. The van der Waals surface area contributed by atoms with Gasteiger partial charge in [-0.1, -0.05) is 0 Å². The van der Waals surface area contributed by atoms with Crippen LogP contribution in [0.15, 0.2) is 18.2 Å². The van der Waals surface area contributed by atoms with Gasteiger partial charge in [-0.15, -0.1) is 0 Å². The molecule has 0 aliphatic carbocycles. The molecule has 1 fully saturated rings. The Bertz CT molecular complexity index is 834. The zero-order valence-corrected chi connectivity index (χ0v) is 13.0. The number of carbonyl (C=O) groups excluding carboxylic acids is 1. The molecular weight excluding hydrogens is 325 g/mol. The van der Waals surface area contributed by atoms with Gasteiger partial charge in [-0.2, -0.15) is 0 Å². The van der Waals surface area contributed by atoms with Crippen LogP contribution in [0.5, 0.6) is 0 Å². The summed E-state index contributed by atoms with van der Waals surface area (Å²) in [5, 5.41) is 2.63. The highest BCUT2D eigenvalue weighted by Crippen LogP contribution is 2.13. The first kappa shape index (κ1) is 15.9. The quantitative estimate of drug-likeness (QED) is 0.826. The second-order valence-corrected chi connectivity index (χ2v) is 7.73. The molecule has 1 aromatic carbocycles. The summed E-state index contributed by atoms with van der Waals surface area (Å²) in [6.45, 7) is -0.116. The van der Waals surface area contributed by atoms with E-state index in [1.807, 2.05) is 0 Å². The summed E-state index contributed by atoms with van der Waals surface area (Å²) < 4.78 is 41.0. The Morgan fingerprint density at radius 3 is 3.04 bits per heavy atom. The lowest BCUT2D eigenvalue weighted by molar-refractivity contribution is -0.126. The summed E-state index contributed by atoms with van der Waals surface area (Å²) in [5.74, 6) is -0.155. The minimum absolute atomic E-state index is 0.0200. The molecule has 0 bridgehead atoms. The highest BCUT2D eigenvalue weighted by atomic mass is 32.2. The second kappa shape index (κ2) is 6.25. The topological polar surface area (TPSA) is 101 Å². The first-order valence-electron chi connectivity index (χ1n) is 7.13. The van der Waals surface area contributed by atoms with E-state index in [-0.39, 0.29) is 42.5 Å². The molecular formula is C14H16FN3O4S. The number of nitrogens with one attached hydrogen (secondary N) is 2. The smallest absolute Gasteiger partial charge is 0.246 e. The molecule has 0 radical (unpaired) electrons. The van der Waals surface area contributed by atoms with Gasteiger partial charge in [-0.3, -0.25) is 4.79 Å². The van der Waals surface area contributed by atoms with Gasteiger partial charge in [-0.25, -0.2) is 17.8 Å². The normalized spacial score (nSPS) is 20.0. The summed E-state index contributed by atoms with van der Waals surface area (Å²) in [5.41, 5.74) is 1.18. The lowest BCUT2D eigenvalue weighted by Gasteiger charge is -2.10. The number of hydrogen-bond acceptors (Lipinski definition) is 5. The van der Waals surface area contributed by atoms with Gasteiger partial charge in [0.15, 0.2) is 9.84 Å². The minimum atomic E-state index is -3.02. The zero-order chi connectivity index (χ0) is 16.4. The number of benzene rings is 1. The Balaban J connectivity index is 1.47. The summed E-state index contributed by atoms with van der Waals surface area (Å²) in [4.78, 5) is 18.8. The van der Waals surface area contributed by atoms with Gasteiger partial charge in [0.1, 0.15) is 24.9 Å². The standard InChI is InChI=1S/C14H16FN3O4S/c15-9-1-2-11-12(5-9)18-13(17-11)6-22-7-14(19)16-10-3-4-23(20,21)8-10/h1-2,5,10H,3-4,6-8H2,(H,16,19)(H,17,18)/t10-/m0/s1. The van der Waals surface area contributed by atoms with Gasteiger partial charge in [0.2, 0.25) is 5.91 Å². The van der Waals surface area contributed by atoms with E-state index in [1.165, 1.54) is 12.1 Å². The van der Waals surface area contributed by atoms with Crippen LogP contribution in [0.4, 0.5) is 4.39 Å². The molecule has 0 saturated carbocycles. The van der Waals surface area contributed by atoms with Gasteiger partial charge in [0, 0.05) is 6.04 Å². The molecule has 23 heavy (non-hydrogen) atoms. The lowest BCUT2D eigenvalue weighted by Crippen LogP contribution is -2.37. The highest BCUT2D eigenvalue weighted by Gasteiger charge is 2.28. The van der Waals surface area contributed by atoms with Crippen LogP contribution in [0.1, 0.15) is 12.2 Å². The molecule has 2 N–H and O–H groups in total. The molecule has 1 atom stereocenters. The van der Waals surface area contributed by atoms with E-state index in [0.29, 0.717) is 23.3 Å². The van der Waals surface area contributed by atoms with Crippen molar-refractivity contribution in [3.63, 3.8) is 0 Å². The molecule has 1 aliphatic rings. The third kappa shape index (κ3) is 4.05. The number of imidazole rings is 1. The predicted molar refractivity (Wildman–Crippen MR) is 80.9 cm³/mol. The van der Waals surface area contributed by atoms with Crippen LogP contribution in [-0.4, -0.2) is 48.4 Å². The van der Waals surface area contributed by atoms with E-state index in [2.05, 4.69) is 15.3 Å². The molecule has 1 saturated heterocycles. The number of carbonyl (C=O) groups is 1. The third-order valence-corrected chi connectivity index (χ3v) is 5.33. The molecule has 2 aromatic rings. The van der Waals surface area contributed by atoms with Gasteiger partial charge in [0.25, 0.3) is 0 Å². The number of amides is 1. The van der Waals surface area contributed by atoms with Crippen LogP contribution in [0.2, 0.25) is 0 Å². The zero-order valence-electron chi connectivity index (χ0n) is 12.2. The molecule has 0 spiro atoms. The summed E-state index contributed by atoms with van der Waals surface area (Å²) in [6.07, 6.45) is 0.434. The Kier molecular flexibility index (Phi) is 4.31. The SMILES string of the molecule is O=C(COCc1nc2ccc(F)cc2[nH]1)N[C@H]1CCS(=O)(=O)C1. The summed E-state index contributed by atoms with van der Waals surface area (Å²) >= 11 is 0. The molecule has 7 nitrogen and oxygen atoms in total. The maximum absolute atomic E-state index is 13.1. The fourth-order valence-electron chi connectivity index (χ4n) is 2.52. The number of aromatic amines is 1. The summed E-state index contributed by atoms with van der Waals surface area (Å²) in [7, 11) is -3.02. The number of rotatable bonds is 5. The number of sulfone groups is 1. The number of ether oxygens (including phenoxy) is 1. The van der Waals surface area contributed by atoms with Crippen molar-refractivity contribution in [2.24, 2.45) is 0 Å². The van der Waals surface area contributed by atoms with E-state index in [0.717, 1.165) is 0 Å². The van der Waals surface area contributed by atoms with E-state index < -0.39 is 9.84 Å². The average Bonchev–Trinajstić information content (AvgIpc) is 3.01. The third-order valence-electron chi connectivity index (χ3n) is 3.56. The molecule has 1 aromatic heterocycles. The average molecular weight is 341 g/mol. The van der Waals surface area contributed by atoms with Crippen molar-refractivity contribution in [2.75, 3.05) is 18.1 Å². The Hall–Kier alpha value is -2.00. The Labute approximate surface area is 132 Å². The van der Waals surface area contributed by atoms with Crippen molar-refractivity contribution in [3.8, 4) is 0 Å². The van der Waals surface area contributed by atoms with Crippen molar-refractivity contribution in [1.29, 1.82) is 0 Å². The summed E-state index contributed by atoms with van der Waals surface area (Å²) in [6, 6.07) is 3.86. The van der Waals surface area contributed by atoms with Gasteiger partial charge >= 0.3 is 0 Å². The van der Waals surface area contributed by atoms with Crippen molar-refractivity contribution >= 4 is 26.8 Å². The van der Waals surface area contributed by atoms with Crippen LogP contribution >= 0.6 is 0 Å². The maximum Gasteiger partial charge on any atom is 0.246 e.